The number of hydrogen-bond acceptors (Lipinski definition) is 5. The van der Waals surface area contributed by atoms with Crippen molar-refractivity contribution in [3.63, 3.8) is 0 Å². The molecular formula is C42H39BN4S. The van der Waals surface area contributed by atoms with Crippen LogP contribution >= 0.6 is 11.6 Å². The maximum Gasteiger partial charge on any atom is 0.222 e. The number of aromatic nitrogens is 4. The summed E-state index contributed by atoms with van der Waals surface area (Å²) in [6, 6.07) is 35.6. The van der Waals surface area contributed by atoms with Crippen molar-refractivity contribution in [3.05, 3.63) is 133 Å². The monoisotopic (exact) mass is 642 g/mol. The molecule has 4 nitrogen and oxygen atoms in total. The van der Waals surface area contributed by atoms with Gasteiger partial charge in [-0.15, -0.1) is 0 Å². The fraction of sp³-hybridized carbons (Fsp3) is 0.190. The summed E-state index contributed by atoms with van der Waals surface area (Å²) in [5.74, 6) is 2.45. The zero-order chi connectivity index (χ0) is 33.5. The molecule has 48 heavy (non-hydrogen) atoms. The molecule has 0 radical (unpaired) electrons. The largest absolute Gasteiger partial charge is 0.247 e. The molecule has 0 bridgehead atoms. The standard InChI is InChI=1S/C42H39BN4S/c1-7-8-15-29-20-21-30-22-23-36(44-37(30)28(29)2)33-24-34(26-35(25-33)48-43-27-41(3,4)42(43,5)6)40-46-38(31-16-11-9-12-17-31)45-39(47-40)32-18-13-10-14-19-32/h7-26H,1,27H2,2-6H3/b15-8-. The Morgan fingerprint density at radius 1 is 0.688 bits per heavy atom. The molecule has 0 spiro atoms. The molecule has 1 saturated heterocycles. The Balaban J connectivity index is 1.40. The Hall–Kier alpha value is -4.81. The molecule has 0 unspecified atom stereocenters. The van der Waals surface area contributed by atoms with Crippen LogP contribution in [0.3, 0.4) is 0 Å². The molecule has 2 aromatic heterocycles. The normalized spacial score (nSPS) is 15.1. The molecule has 4 aromatic carbocycles. The van der Waals surface area contributed by atoms with Crippen molar-refractivity contribution in [1.82, 2.24) is 19.9 Å². The number of nitrogens with zero attached hydrogens (tertiary/aromatic N) is 4. The molecule has 1 aliphatic rings. The van der Waals surface area contributed by atoms with Gasteiger partial charge in [0.2, 0.25) is 5.99 Å². The molecule has 0 saturated carbocycles. The van der Waals surface area contributed by atoms with E-state index in [1.165, 1.54) is 11.2 Å². The summed E-state index contributed by atoms with van der Waals surface area (Å²) < 4.78 is 0. The van der Waals surface area contributed by atoms with Crippen molar-refractivity contribution < 1.29 is 0 Å². The molecule has 6 aromatic rings. The Labute approximate surface area is 288 Å². The van der Waals surface area contributed by atoms with Gasteiger partial charge in [0, 0.05) is 27.6 Å². The summed E-state index contributed by atoms with van der Waals surface area (Å²) in [7, 11) is 0. The summed E-state index contributed by atoms with van der Waals surface area (Å²) >= 11 is 1.96. The number of benzene rings is 4. The van der Waals surface area contributed by atoms with Crippen LogP contribution in [-0.4, -0.2) is 25.9 Å². The van der Waals surface area contributed by atoms with Gasteiger partial charge in [-0.1, -0.05) is 138 Å². The lowest BCUT2D eigenvalue weighted by Gasteiger charge is -2.56. The van der Waals surface area contributed by atoms with E-state index in [4.69, 9.17) is 19.9 Å². The van der Waals surface area contributed by atoms with E-state index in [2.05, 4.69) is 89.7 Å². The average molecular weight is 643 g/mol. The topological polar surface area (TPSA) is 51.6 Å². The summed E-state index contributed by atoms with van der Waals surface area (Å²) in [6.45, 7) is 15.5. The summed E-state index contributed by atoms with van der Waals surface area (Å²) in [5.41, 5.74) is 8.40. The highest BCUT2D eigenvalue weighted by molar-refractivity contribution is 8.26. The maximum absolute atomic E-state index is 5.26. The molecule has 0 N–H and O–H groups in total. The van der Waals surface area contributed by atoms with E-state index >= 15 is 0 Å². The summed E-state index contributed by atoms with van der Waals surface area (Å²) in [5, 5.41) is 1.32. The molecule has 7 rings (SSSR count). The number of hydrogen-bond donors (Lipinski definition) is 0. The van der Waals surface area contributed by atoms with Crippen molar-refractivity contribution in [2.75, 3.05) is 0 Å². The van der Waals surface area contributed by atoms with Crippen LogP contribution in [0.4, 0.5) is 0 Å². The van der Waals surface area contributed by atoms with E-state index in [0.29, 0.717) is 28.9 Å². The van der Waals surface area contributed by atoms with Crippen LogP contribution < -0.4 is 0 Å². The average Bonchev–Trinajstić information content (AvgIpc) is 3.11. The first kappa shape index (κ1) is 31.8. The lowest BCUT2D eigenvalue weighted by molar-refractivity contribution is 0.246. The third kappa shape index (κ3) is 6.01. The van der Waals surface area contributed by atoms with E-state index in [1.807, 2.05) is 78.4 Å². The third-order valence-electron chi connectivity index (χ3n) is 10.3. The molecule has 1 fully saturated rings. The van der Waals surface area contributed by atoms with Crippen LogP contribution in [-0.2, 0) is 0 Å². The quantitative estimate of drug-likeness (QED) is 0.122. The molecule has 0 atom stereocenters. The van der Waals surface area contributed by atoms with Gasteiger partial charge in [-0.05, 0) is 57.9 Å². The van der Waals surface area contributed by atoms with Gasteiger partial charge in [0.25, 0.3) is 0 Å². The first-order valence-electron chi connectivity index (χ1n) is 16.5. The molecule has 1 aliphatic heterocycles. The van der Waals surface area contributed by atoms with Crippen LogP contribution in [0.15, 0.2) is 127 Å². The summed E-state index contributed by atoms with van der Waals surface area (Å²) in [4.78, 5) is 21.5. The van der Waals surface area contributed by atoms with Crippen LogP contribution in [0, 0.1) is 12.3 Å². The highest BCUT2D eigenvalue weighted by Crippen LogP contribution is 2.65. The Kier molecular flexibility index (Phi) is 8.38. The van der Waals surface area contributed by atoms with Gasteiger partial charge in [-0.2, -0.15) is 11.6 Å². The third-order valence-corrected chi connectivity index (χ3v) is 11.8. The van der Waals surface area contributed by atoms with E-state index < -0.39 is 0 Å². The van der Waals surface area contributed by atoms with E-state index in [-0.39, 0.29) is 5.31 Å². The Morgan fingerprint density at radius 2 is 1.27 bits per heavy atom. The highest BCUT2D eigenvalue weighted by atomic mass is 32.2. The van der Waals surface area contributed by atoms with Crippen molar-refractivity contribution in [1.29, 1.82) is 0 Å². The van der Waals surface area contributed by atoms with E-state index in [9.17, 15) is 0 Å². The first-order chi connectivity index (χ1) is 23.1. The SMILES string of the molecule is C=C/C=C\c1ccc2ccc(-c3cc(SB4CC(C)(C)C4(C)C)cc(-c4nc(-c5ccccc5)nc(-c5ccccc5)n4)c3)nc2c1C. The number of aryl methyl sites for hydroxylation is 1. The van der Waals surface area contributed by atoms with Crippen LogP contribution in [0.5, 0.6) is 0 Å². The first-order valence-corrected chi connectivity index (χ1v) is 17.4. The van der Waals surface area contributed by atoms with E-state index in [0.717, 1.165) is 50.0 Å². The van der Waals surface area contributed by atoms with Crippen molar-refractivity contribution in [2.45, 2.75) is 51.1 Å². The maximum atomic E-state index is 5.26. The molecule has 0 amide bonds. The molecule has 6 heteroatoms. The van der Waals surface area contributed by atoms with Gasteiger partial charge in [-0.3, -0.25) is 0 Å². The predicted molar refractivity (Wildman–Crippen MR) is 205 cm³/mol. The number of pyridine rings is 1. The summed E-state index contributed by atoms with van der Waals surface area (Å²) in [6.07, 6.45) is 7.02. The minimum Gasteiger partial charge on any atom is -0.247 e. The van der Waals surface area contributed by atoms with Crippen molar-refractivity contribution in [2.24, 2.45) is 5.41 Å². The number of allylic oxidation sites excluding steroid dienone is 2. The highest BCUT2D eigenvalue weighted by Gasteiger charge is 2.56. The van der Waals surface area contributed by atoms with Gasteiger partial charge in [0.05, 0.1) is 11.2 Å². The second-order valence-electron chi connectivity index (χ2n) is 13.8. The molecular weight excluding hydrogens is 603 g/mol. The van der Waals surface area contributed by atoms with Gasteiger partial charge < -0.3 is 0 Å². The zero-order valence-corrected chi connectivity index (χ0v) is 29.1. The lowest BCUT2D eigenvalue weighted by Crippen LogP contribution is -2.50. The zero-order valence-electron chi connectivity index (χ0n) is 28.2. The Morgan fingerprint density at radius 3 is 1.85 bits per heavy atom. The second-order valence-corrected chi connectivity index (χ2v) is 15.1. The minimum absolute atomic E-state index is 0.204. The number of rotatable bonds is 8. The fourth-order valence-corrected chi connectivity index (χ4v) is 8.21. The lowest BCUT2D eigenvalue weighted by atomic mass is 9.27. The minimum atomic E-state index is 0.204. The number of fused-ring (bicyclic) bond motifs is 1. The van der Waals surface area contributed by atoms with Crippen LogP contribution in [0.1, 0.15) is 38.8 Å². The van der Waals surface area contributed by atoms with Crippen molar-refractivity contribution >= 4 is 34.6 Å². The van der Waals surface area contributed by atoms with E-state index in [1.54, 1.807) is 6.08 Å². The van der Waals surface area contributed by atoms with Crippen LogP contribution in [0.2, 0.25) is 11.6 Å². The second kappa shape index (κ2) is 12.7. The van der Waals surface area contributed by atoms with Gasteiger partial charge >= 0.3 is 0 Å². The van der Waals surface area contributed by atoms with Gasteiger partial charge in [0.15, 0.2) is 17.5 Å². The van der Waals surface area contributed by atoms with Crippen molar-refractivity contribution in [3.8, 4) is 45.4 Å². The Bertz CT molecular complexity index is 2120. The molecule has 0 aliphatic carbocycles. The molecule has 3 heterocycles. The van der Waals surface area contributed by atoms with Gasteiger partial charge in [-0.25, -0.2) is 19.9 Å². The smallest absolute Gasteiger partial charge is 0.222 e. The fourth-order valence-electron chi connectivity index (χ4n) is 6.38. The van der Waals surface area contributed by atoms with Crippen LogP contribution in [0.25, 0.3) is 62.4 Å². The predicted octanol–water partition coefficient (Wildman–Crippen LogP) is 11.5. The van der Waals surface area contributed by atoms with Gasteiger partial charge in [0.1, 0.15) is 0 Å². The molecule has 236 valence electrons.